The first-order valence-corrected chi connectivity index (χ1v) is 6.32. The van der Waals surface area contributed by atoms with Crippen LogP contribution in [0.4, 0.5) is 5.69 Å². The molecule has 0 N–H and O–H groups in total. The Labute approximate surface area is 112 Å². The molecular formula is C15H16N2O2. The van der Waals surface area contributed by atoms with Crippen LogP contribution in [0.1, 0.15) is 5.56 Å². The summed E-state index contributed by atoms with van der Waals surface area (Å²) in [6.45, 7) is 1.26. The molecule has 2 aromatic rings. The molecule has 4 nitrogen and oxygen atoms in total. The molecule has 0 saturated carbocycles. The molecule has 0 radical (unpaired) electrons. The SMILES string of the molecule is CN(CCc1ccc2c(c1)OCO2)c1cccnc1. The van der Waals surface area contributed by atoms with Crippen LogP contribution < -0.4 is 14.4 Å². The third kappa shape index (κ3) is 2.62. The van der Waals surface area contributed by atoms with Crippen molar-refractivity contribution < 1.29 is 9.47 Å². The van der Waals surface area contributed by atoms with E-state index >= 15 is 0 Å². The smallest absolute Gasteiger partial charge is 0.231 e. The van der Waals surface area contributed by atoms with E-state index in [2.05, 4.69) is 35.1 Å². The molecule has 0 spiro atoms. The van der Waals surface area contributed by atoms with Gasteiger partial charge in [-0.3, -0.25) is 4.98 Å². The van der Waals surface area contributed by atoms with Gasteiger partial charge in [-0.1, -0.05) is 6.07 Å². The van der Waals surface area contributed by atoms with Gasteiger partial charge < -0.3 is 14.4 Å². The number of ether oxygens (including phenoxy) is 2. The van der Waals surface area contributed by atoms with Gasteiger partial charge in [-0.25, -0.2) is 0 Å². The first kappa shape index (κ1) is 11.8. The second-order valence-corrected chi connectivity index (χ2v) is 4.57. The molecule has 98 valence electrons. The summed E-state index contributed by atoms with van der Waals surface area (Å²) in [6.07, 6.45) is 4.62. The summed E-state index contributed by atoms with van der Waals surface area (Å²) < 4.78 is 10.7. The fourth-order valence-electron chi connectivity index (χ4n) is 2.10. The number of benzene rings is 1. The molecule has 0 unspecified atom stereocenters. The highest BCUT2D eigenvalue weighted by molar-refractivity contribution is 5.46. The zero-order valence-electron chi connectivity index (χ0n) is 10.9. The molecule has 0 saturated heterocycles. The molecule has 4 heteroatoms. The normalized spacial score (nSPS) is 12.5. The fourth-order valence-corrected chi connectivity index (χ4v) is 2.10. The van der Waals surface area contributed by atoms with Gasteiger partial charge in [0.1, 0.15) is 0 Å². The summed E-state index contributed by atoms with van der Waals surface area (Å²) in [6, 6.07) is 10.1. The summed E-state index contributed by atoms with van der Waals surface area (Å²) >= 11 is 0. The van der Waals surface area contributed by atoms with E-state index in [9.17, 15) is 0 Å². The molecule has 0 amide bonds. The predicted molar refractivity (Wildman–Crippen MR) is 73.8 cm³/mol. The Kier molecular flexibility index (Phi) is 3.23. The lowest BCUT2D eigenvalue weighted by molar-refractivity contribution is 0.174. The first-order chi connectivity index (χ1) is 9.33. The van der Waals surface area contributed by atoms with E-state index < -0.39 is 0 Å². The highest BCUT2D eigenvalue weighted by Gasteiger charge is 2.13. The van der Waals surface area contributed by atoms with Gasteiger partial charge >= 0.3 is 0 Å². The van der Waals surface area contributed by atoms with Gasteiger partial charge in [0.05, 0.1) is 11.9 Å². The molecule has 2 heterocycles. The molecule has 0 aliphatic carbocycles. The number of pyridine rings is 1. The van der Waals surface area contributed by atoms with E-state index in [-0.39, 0.29) is 0 Å². The minimum absolute atomic E-state index is 0.328. The van der Waals surface area contributed by atoms with Crippen LogP contribution in [0.2, 0.25) is 0 Å². The van der Waals surface area contributed by atoms with Gasteiger partial charge in [0, 0.05) is 19.8 Å². The first-order valence-electron chi connectivity index (χ1n) is 6.32. The maximum Gasteiger partial charge on any atom is 0.231 e. The second kappa shape index (κ2) is 5.18. The van der Waals surface area contributed by atoms with E-state index in [4.69, 9.17) is 9.47 Å². The van der Waals surface area contributed by atoms with Crippen molar-refractivity contribution in [3.05, 3.63) is 48.3 Å². The third-order valence-electron chi connectivity index (χ3n) is 3.26. The number of hydrogen-bond acceptors (Lipinski definition) is 4. The van der Waals surface area contributed by atoms with E-state index in [1.165, 1.54) is 5.56 Å². The molecule has 0 bridgehead atoms. The van der Waals surface area contributed by atoms with E-state index in [1.807, 2.05) is 18.3 Å². The third-order valence-corrected chi connectivity index (χ3v) is 3.26. The number of likely N-dealkylation sites (N-methyl/N-ethyl adjacent to an activating group) is 1. The van der Waals surface area contributed by atoms with Crippen molar-refractivity contribution in [3.8, 4) is 11.5 Å². The summed E-state index contributed by atoms with van der Waals surface area (Å²) in [5.41, 5.74) is 2.38. The Morgan fingerprint density at radius 1 is 1.21 bits per heavy atom. The number of aromatic nitrogens is 1. The summed E-state index contributed by atoms with van der Waals surface area (Å²) in [4.78, 5) is 6.32. The van der Waals surface area contributed by atoms with Crippen molar-refractivity contribution in [3.63, 3.8) is 0 Å². The van der Waals surface area contributed by atoms with Gasteiger partial charge in [-0.05, 0) is 36.2 Å². The van der Waals surface area contributed by atoms with E-state index in [0.717, 1.165) is 30.2 Å². The Bertz CT molecular complexity index is 557. The van der Waals surface area contributed by atoms with Crippen LogP contribution >= 0.6 is 0 Å². The highest BCUT2D eigenvalue weighted by Crippen LogP contribution is 2.32. The predicted octanol–water partition coefficient (Wildman–Crippen LogP) is 2.49. The van der Waals surface area contributed by atoms with Crippen LogP contribution in [0.15, 0.2) is 42.7 Å². The van der Waals surface area contributed by atoms with Gasteiger partial charge in [-0.2, -0.15) is 0 Å². The molecule has 1 aromatic heterocycles. The number of nitrogens with zero attached hydrogens (tertiary/aromatic N) is 2. The molecule has 1 aliphatic heterocycles. The van der Waals surface area contributed by atoms with Gasteiger partial charge in [0.2, 0.25) is 6.79 Å². The average molecular weight is 256 g/mol. The van der Waals surface area contributed by atoms with Crippen molar-refractivity contribution in [2.75, 3.05) is 25.3 Å². The van der Waals surface area contributed by atoms with Crippen molar-refractivity contribution in [1.29, 1.82) is 0 Å². The quantitative estimate of drug-likeness (QED) is 0.841. The highest BCUT2D eigenvalue weighted by atomic mass is 16.7. The van der Waals surface area contributed by atoms with Crippen molar-refractivity contribution in [1.82, 2.24) is 4.98 Å². The molecule has 0 fully saturated rings. The number of rotatable bonds is 4. The molecule has 0 atom stereocenters. The van der Waals surface area contributed by atoms with E-state index in [1.54, 1.807) is 6.20 Å². The van der Waals surface area contributed by atoms with Crippen LogP contribution in [-0.4, -0.2) is 25.4 Å². The number of hydrogen-bond donors (Lipinski definition) is 0. The number of fused-ring (bicyclic) bond motifs is 1. The molecule has 1 aliphatic rings. The maximum absolute atomic E-state index is 5.38. The largest absolute Gasteiger partial charge is 0.454 e. The molecule has 3 rings (SSSR count). The van der Waals surface area contributed by atoms with Crippen LogP contribution in [0, 0.1) is 0 Å². The summed E-state index contributed by atoms with van der Waals surface area (Å²) in [5.74, 6) is 1.69. The van der Waals surface area contributed by atoms with Gasteiger partial charge in [-0.15, -0.1) is 0 Å². The summed E-state index contributed by atoms with van der Waals surface area (Å²) in [7, 11) is 2.07. The molecule has 1 aromatic carbocycles. The lowest BCUT2D eigenvalue weighted by Gasteiger charge is -2.18. The molecule has 19 heavy (non-hydrogen) atoms. The van der Waals surface area contributed by atoms with Crippen LogP contribution in [-0.2, 0) is 6.42 Å². The molecular weight excluding hydrogens is 240 g/mol. The van der Waals surface area contributed by atoms with E-state index in [0.29, 0.717) is 6.79 Å². The summed E-state index contributed by atoms with van der Waals surface area (Å²) in [5, 5.41) is 0. The van der Waals surface area contributed by atoms with Crippen LogP contribution in [0.25, 0.3) is 0 Å². The maximum atomic E-state index is 5.38. The van der Waals surface area contributed by atoms with Gasteiger partial charge in [0.15, 0.2) is 11.5 Å². The lowest BCUT2D eigenvalue weighted by atomic mass is 10.1. The van der Waals surface area contributed by atoms with Crippen LogP contribution in [0.3, 0.4) is 0 Å². The van der Waals surface area contributed by atoms with Crippen molar-refractivity contribution >= 4 is 5.69 Å². The average Bonchev–Trinajstić information content (AvgIpc) is 2.93. The zero-order chi connectivity index (χ0) is 13.1. The fraction of sp³-hybridized carbons (Fsp3) is 0.267. The Morgan fingerprint density at radius 2 is 2.11 bits per heavy atom. The van der Waals surface area contributed by atoms with Crippen molar-refractivity contribution in [2.24, 2.45) is 0 Å². The van der Waals surface area contributed by atoms with Crippen molar-refractivity contribution in [2.45, 2.75) is 6.42 Å². The topological polar surface area (TPSA) is 34.6 Å². The minimum Gasteiger partial charge on any atom is -0.454 e. The Morgan fingerprint density at radius 3 is 2.95 bits per heavy atom. The monoisotopic (exact) mass is 256 g/mol. The Balaban J connectivity index is 1.63. The minimum atomic E-state index is 0.328. The van der Waals surface area contributed by atoms with Crippen LogP contribution in [0.5, 0.6) is 11.5 Å². The zero-order valence-corrected chi connectivity index (χ0v) is 10.9. The Hall–Kier alpha value is -2.23. The standard InChI is InChI=1S/C15H16N2O2/c1-17(13-3-2-7-16-10-13)8-6-12-4-5-14-15(9-12)19-11-18-14/h2-5,7,9-10H,6,8,11H2,1H3. The lowest BCUT2D eigenvalue weighted by Crippen LogP contribution is -2.20. The number of anilines is 1. The second-order valence-electron chi connectivity index (χ2n) is 4.57. The van der Waals surface area contributed by atoms with Gasteiger partial charge in [0.25, 0.3) is 0 Å².